The van der Waals surface area contributed by atoms with Gasteiger partial charge in [-0.05, 0) is 37.8 Å². The van der Waals surface area contributed by atoms with Crippen molar-refractivity contribution in [3.8, 4) is 0 Å². The first-order valence-corrected chi connectivity index (χ1v) is 8.44. The Labute approximate surface area is 130 Å². The predicted molar refractivity (Wildman–Crippen MR) is 88.1 cm³/mol. The van der Waals surface area contributed by atoms with E-state index in [9.17, 15) is 0 Å². The summed E-state index contributed by atoms with van der Waals surface area (Å²) >= 11 is 1.73. The molecule has 0 saturated heterocycles. The fraction of sp³-hybridized carbons (Fsp3) is 0.412. The van der Waals surface area contributed by atoms with E-state index in [1.165, 1.54) is 23.3 Å². The maximum Gasteiger partial charge on any atom is 0.135 e. The van der Waals surface area contributed by atoms with Gasteiger partial charge in [0.05, 0.1) is 0 Å². The molecule has 21 heavy (non-hydrogen) atoms. The number of rotatable bonds is 6. The number of benzene rings is 1. The average Bonchev–Trinajstić information content (AvgIpc) is 3.32. The minimum absolute atomic E-state index is 0.574. The van der Waals surface area contributed by atoms with Gasteiger partial charge < -0.3 is 5.32 Å². The quantitative estimate of drug-likeness (QED) is 0.789. The Bertz CT molecular complexity index is 623. The molecule has 0 spiro atoms. The van der Waals surface area contributed by atoms with E-state index in [1.807, 2.05) is 0 Å². The minimum atomic E-state index is 0.574. The number of nitrogens with one attached hydrogen (secondary N) is 1. The van der Waals surface area contributed by atoms with E-state index < -0.39 is 0 Å². The molecular formula is C17H21N3S. The fourth-order valence-corrected chi connectivity index (χ4v) is 3.06. The minimum Gasteiger partial charge on any atom is -0.370 e. The molecule has 1 aromatic carbocycles. The van der Waals surface area contributed by atoms with Crippen molar-refractivity contribution >= 4 is 17.6 Å². The van der Waals surface area contributed by atoms with Crippen molar-refractivity contribution in [1.82, 2.24) is 9.97 Å². The summed E-state index contributed by atoms with van der Waals surface area (Å²) < 4.78 is 0. The molecule has 110 valence electrons. The molecule has 1 fully saturated rings. The van der Waals surface area contributed by atoms with Crippen LogP contribution in [0.4, 0.5) is 5.82 Å². The molecule has 1 saturated carbocycles. The summed E-state index contributed by atoms with van der Waals surface area (Å²) in [4.78, 5) is 10.7. The maximum absolute atomic E-state index is 4.75. The molecule has 2 aromatic rings. The molecule has 0 aliphatic heterocycles. The lowest BCUT2D eigenvalue weighted by atomic mass is 10.2. The van der Waals surface area contributed by atoms with Crippen LogP contribution in [0.25, 0.3) is 0 Å². The van der Waals surface area contributed by atoms with Gasteiger partial charge in [-0.2, -0.15) is 0 Å². The first-order chi connectivity index (χ1) is 10.3. The van der Waals surface area contributed by atoms with Crippen LogP contribution in [0.3, 0.4) is 0 Å². The Hall–Kier alpha value is -1.55. The maximum atomic E-state index is 4.75. The van der Waals surface area contributed by atoms with Crippen LogP contribution >= 0.6 is 11.8 Å². The molecule has 1 heterocycles. The molecule has 1 aliphatic carbocycles. The third-order valence-electron chi connectivity index (χ3n) is 3.53. The Morgan fingerprint density at radius 1 is 1.24 bits per heavy atom. The van der Waals surface area contributed by atoms with E-state index >= 15 is 0 Å². The Morgan fingerprint density at radius 2 is 2.05 bits per heavy atom. The van der Waals surface area contributed by atoms with Crippen LogP contribution in [-0.4, -0.2) is 16.5 Å². The molecule has 0 radical (unpaired) electrons. The summed E-state index contributed by atoms with van der Waals surface area (Å²) in [6, 6.07) is 10.5. The largest absolute Gasteiger partial charge is 0.370 e. The predicted octanol–water partition coefficient (Wildman–Crippen LogP) is 4.64. The molecule has 0 amide bonds. The van der Waals surface area contributed by atoms with Gasteiger partial charge in [-0.1, -0.05) is 36.9 Å². The second kappa shape index (κ2) is 6.48. The summed E-state index contributed by atoms with van der Waals surface area (Å²) in [5.74, 6) is 2.54. The van der Waals surface area contributed by atoms with Crippen LogP contribution in [0.1, 0.15) is 43.5 Å². The normalized spacial score (nSPS) is 14.2. The Morgan fingerprint density at radius 3 is 2.76 bits per heavy atom. The van der Waals surface area contributed by atoms with Gasteiger partial charge in [0.25, 0.3) is 0 Å². The number of anilines is 1. The van der Waals surface area contributed by atoms with Gasteiger partial charge in [-0.3, -0.25) is 0 Å². The molecule has 0 bridgehead atoms. The standard InChI is InChI=1S/C17H21N3S/c1-3-10-18-15-11-16(20-17(19-15)13-8-9-13)21-14-7-5-4-6-12(14)2/h4-7,11,13H,3,8-10H2,1-2H3,(H,18,19,20). The number of nitrogens with zero attached hydrogens (tertiary/aromatic N) is 2. The van der Waals surface area contributed by atoms with Gasteiger partial charge in [0.2, 0.25) is 0 Å². The average molecular weight is 299 g/mol. The molecule has 3 nitrogen and oxygen atoms in total. The lowest BCUT2D eigenvalue weighted by molar-refractivity contribution is 0.868. The van der Waals surface area contributed by atoms with Crippen molar-refractivity contribution in [2.45, 2.75) is 48.9 Å². The van der Waals surface area contributed by atoms with Crippen LogP contribution < -0.4 is 5.32 Å². The zero-order chi connectivity index (χ0) is 14.7. The SMILES string of the molecule is CCCNc1cc(Sc2ccccc2C)nc(C2CC2)n1. The van der Waals surface area contributed by atoms with Gasteiger partial charge >= 0.3 is 0 Å². The van der Waals surface area contributed by atoms with Crippen molar-refractivity contribution in [2.75, 3.05) is 11.9 Å². The molecule has 3 rings (SSSR count). The van der Waals surface area contributed by atoms with Crippen molar-refractivity contribution in [1.29, 1.82) is 0 Å². The van der Waals surface area contributed by atoms with Gasteiger partial charge in [0, 0.05) is 23.4 Å². The number of aromatic nitrogens is 2. The van der Waals surface area contributed by atoms with Crippen LogP contribution in [0.2, 0.25) is 0 Å². The molecule has 1 aliphatic rings. The summed E-state index contributed by atoms with van der Waals surface area (Å²) in [5, 5.41) is 4.44. The molecule has 0 unspecified atom stereocenters. The van der Waals surface area contributed by atoms with E-state index in [-0.39, 0.29) is 0 Å². The highest BCUT2D eigenvalue weighted by atomic mass is 32.2. The lowest BCUT2D eigenvalue weighted by Gasteiger charge is -2.10. The summed E-state index contributed by atoms with van der Waals surface area (Å²) in [7, 11) is 0. The smallest absolute Gasteiger partial charge is 0.135 e. The fourth-order valence-electron chi connectivity index (χ4n) is 2.15. The summed E-state index contributed by atoms with van der Waals surface area (Å²) in [6.45, 7) is 5.26. The first-order valence-electron chi connectivity index (χ1n) is 7.62. The highest BCUT2D eigenvalue weighted by Gasteiger charge is 2.27. The lowest BCUT2D eigenvalue weighted by Crippen LogP contribution is -2.05. The zero-order valence-corrected chi connectivity index (χ0v) is 13.4. The van der Waals surface area contributed by atoms with Crippen molar-refractivity contribution in [3.05, 3.63) is 41.7 Å². The van der Waals surface area contributed by atoms with E-state index in [0.717, 1.165) is 29.6 Å². The van der Waals surface area contributed by atoms with Gasteiger partial charge in [0.1, 0.15) is 16.7 Å². The number of hydrogen-bond acceptors (Lipinski definition) is 4. The summed E-state index contributed by atoms with van der Waals surface area (Å²) in [6.07, 6.45) is 3.56. The van der Waals surface area contributed by atoms with Crippen LogP contribution in [-0.2, 0) is 0 Å². The molecule has 1 N–H and O–H groups in total. The highest BCUT2D eigenvalue weighted by Crippen LogP contribution is 2.40. The van der Waals surface area contributed by atoms with Crippen LogP contribution in [0, 0.1) is 6.92 Å². The third-order valence-corrected chi connectivity index (χ3v) is 4.62. The van der Waals surface area contributed by atoms with Crippen molar-refractivity contribution in [2.24, 2.45) is 0 Å². The number of aryl methyl sites for hydroxylation is 1. The third kappa shape index (κ3) is 3.76. The van der Waals surface area contributed by atoms with E-state index in [4.69, 9.17) is 4.98 Å². The van der Waals surface area contributed by atoms with E-state index in [2.05, 4.69) is 54.5 Å². The van der Waals surface area contributed by atoms with Gasteiger partial charge in [-0.25, -0.2) is 9.97 Å². The van der Waals surface area contributed by atoms with Crippen LogP contribution in [0.15, 0.2) is 40.3 Å². The first kappa shape index (κ1) is 14.4. The second-order valence-corrected chi connectivity index (χ2v) is 6.58. The van der Waals surface area contributed by atoms with E-state index in [0.29, 0.717) is 5.92 Å². The van der Waals surface area contributed by atoms with Crippen LogP contribution in [0.5, 0.6) is 0 Å². The summed E-state index contributed by atoms with van der Waals surface area (Å²) in [5.41, 5.74) is 1.29. The molecule has 1 aromatic heterocycles. The molecule has 4 heteroatoms. The monoisotopic (exact) mass is 299 g/mol. The van der Waals surface area contributed by atoms with Gasteiger partial charge in [0.15, 0.2) is 0 Å². The molecule has 0 atom stereocenters. The topological polar surface area (TPSA) is 37.8 Å². The van der Waals surface area contributed by atoms with Crippen molar-refractivity contribution in [3.63, 3.8) is 0 Å². The Balaban J connectivity index is 1.86. The number of hydrogen-bond donors (Lipinski definition) is 1. The molecular weight excluding hydrogens is 278 g/mol. The van der Waals surface area contributed by atoms with E-state index in [1.54, 1.807) is 11.8 Å². The highest BCUT2D eigenvalue weighted by molar-refractivity contribution is 7.99. The zero-order valence-electron chi connectivity index (χ0n) is 12.6. The Kier molecular flexibility index (Phi) is 4.44. The van der Waals surface area contributed by atoms with Crippen molar-refractivity contribution < 1.29 is 0 Å². The second-order valence-electron chi connectivity index (χ2n) is 5.52. The van der Waals surface area contributed by atoms with Gasteiger partial charge in [-0.15, -0.1) is 0 Å².